The van der Waals surface area contributed by atoms with Crippen LogP contribution in [0.2, 0.25) is 0 Å². The second-order valence-electron chi connectivity index (χ2n) is 4.52. The quantitative estimate of drug-likeness (QED) is 0.559. The summed E-state index contributed by atoms with van der Waals surface area (Å²) in [7, 11) is 0. The van der Waals surface area contributed by atoms with Gasteiger partial charge in [0.1, 0.15) is 0 Å². The molecule has 1 aromatic rings. The molecule has 0 heterocycles. The van der Waals surface area contributed by atoms with E-state index < -0.39 is 0 Å². The largest absolute Gasteiger partial charge is 0.385 e. The van der Waals surface area contributed by atoms with Gasteiger partial charge >= 0.3 is 0 Å². The first-order valence-electron chi connectivity index (χ1n) is 6.75. The molecule has 4 heteroatoms. The summed E-state index contributed by atoms with van der Waals surface area (Å²) < 4.78 is 0. The van der Waals surface area contributed by atoms with E-state index in [0.29, 0.717) is 18.5 Å². The Labute approximate surface area is 114 Å². The molecule has 0 saturated carbocycles. The number of hydrogen-bond acceptors (Lipinski definition) is 3. The number of carbonyl (C=O) groups excluding carboxylic acids is 2. The summed E-state index contributed by atoms with van der Waals surface area (Å²) in [4.78, 5) is 22.7. The van der Waals surface area contributed by atoms with Gasteiger partial charge in [-0.25, -0.2) is 0 Å². The van der Waals surface area contributed by atoms with Gasteiger partial charge in [0.2, 0.25) is 5.91 Å². The highest BCUT2D eigenvalue weighted by molar-refractivity contribution is 5.94. The normalized spacial score (nSPS) is 10.0. The molecule has 1 amide bonds. The van der Waals surface area contributed by atoms with Crippen LogP contribution in [-0.2, 0) is 4.79 Å². The van der Waals surface area contributed by atoms with E-state index in [9.17, 15) is 9.59 Å². The van der Waals surface area contributed by atoms with Gasteiger partial charge in [0.05, 0.1) is 0 Å². The zero-order valence-electron chi connectivity index (χ0n) is 11.7. The first-order valence-corrected chi connectivity index (χ1v) is 6.75. The van der Waals surface area contributed by atoms with Crippen molar-refractivity contribution in [2.75, 3.05) is 18.4 Å². The van der Waals surface area contributed by atoms with Gasteiger partial charge in [-0.2, -0.15) is 0 Å². The minimum atomic E-state index is 0.0426. The van der Waals surface area contributed by atoms with Crippen molar-refractivity contribution in [1.29, 1.82) is 0 Å². The van der Waals surface area contributed by atoms with Crippen LogP contribution in [0.25, 0.3) is 0 Å². The second kappa shape index (κ2) is 8.29. The van der Waals surface area contributed by atoms with Gasteiger partial charge in [-0.3, -0.25) is 9.59 Å². The number of rotatable bonds is 8. The molecule has 2 N–H and O–H groups in total. The van der Waals surface area contributed by atoms with Gasteiger partial charge in [-0.1, -0.05) is 25.5 Å². The van der Waals surface area contributed by atoms with E-state index in [4.69, 9.17) is 0 Å². The lowest BCUT2D eigenvalue weighted by molar-refractivity contribution is -0.120. The van der Waals surface area contributed by atoms with Crippen LogP contribution in [0.4, 0.5) is 5.69 Å². The van der Waals surface area contributed by atoms with Crippen molar-refractivity contribution in [3.05, 3.63) is 29.8 Å². The molecule has 0 spiro atoms. The van der Waals surface area contributed by atoms with Crippen LogP contribution >= 0.6 is 0 Å². The van der Waals surface area contributed by atoms with Gasteiger partial charge in [0.15, 0.2) is 5.78 Å². The summed E-state index contributed by atoms with van der Waals surface area (Å²) >= 11 is 0. The zero-order valence-corrected chi connectivity index (χ0v) is 11.7. The van der Waals surface area contributed by atoms with Gasteiger partial charge in [0.25, 0.3) is 0 Å². The molecule has 1 aromatic carbocycles. The van der Waals surface area contributed by atoms with Crippen molar-refractivity contribution in [1.82, 2.24) is 5.32 Å². The molecule has 0 unspecified atom stereocenters. The number of hydrogen-bond donors (Lipinski definition) is 2. The summed E-state index contributed by atoms with van der Waals surface area (Å²) in [5, 5.41) is 6.01. The van der Waals surface area contributed by atoms with Crippen LogP contribution < -0.4 is 10.6 Å². The molecule has 0 aliphatic carbocycles. The van der Waals surface area contributed by atoms with E-state index in [1.54, 1.807) is 19.1 Å². The lowest BCUT2D eigenvalue weighted by atomic mass is 10.1. The summed E-state index contributed by atoms with van der Waals surface area (Å²) in [6, 6.07) is 7.31. The number of anilines is 1. The van der Waals surface area contributed by atoms with Crippen LogP contribution in [-0.4, -0.2) is 24.8 Å². The van der Waals surface area contributed by atoms with Crippen molar-refractivity contribution in [3.63, 3.8) is 0 Å². The minimum absolute atomic E-state index is 0.0426. The molecule has 0 fully saturated rings. The maximum absolute atomic E-state index is 11.5. The fraction of sp³-hybridized carbons (Fsp3) is 0.467. The van der Waals surface area contributed by atoms with Crippen LogP contribution in [0.15, 0.2) is 24.3 Å². The Morgan fingerprint density at radius 3 is 2.68 bits per heavy atom. The van der Waals surface area contributed by atoms with Crippen LogP contribution in [0.5, 0.6) is 0 Å². The van der Waals surface area contributed by atoms with E-state index in [0.717, 1.165) is 25.1 Å². The first-order chi connectivity index (χ1) is 9.13. The third-order valence-corrected chi connectivity index (χ3v) is 2.80. The topological polar surface area (TPSA) is 58.2 Å². The molecular formula is C15H22N2O2. The second-order valence-corrected chi connectivity index (χ2v) is 4.52. The molecule has 0 aromatic heterocycles. The van der Waals surface area contributed by atoms with Crippen molar-refractivity contribution in [2.45, 2.75) is 33.1 Å². The van der Waals surface area contributed by atoms with E-state index in [-0.39, 0.29) is 11.7 Å². The molecule has 0 bridgehead atoms. The van der Waals surface area contributed by atoms with Crippen LogP contribution in [0, 0.1) is 0 Å². The Morgan fingerprint density at radius 1 is 1.21 bits per heavy atom. The summed E-state index contributed by atoms with van der Waals surface area (Å²) in [6.07, 6.45) is 2.53. The summed E-state index contributed by atoms with van der Waals surface area (Å²) in [5.74, 6) is 0.102. The Balaban J connectivity index is 2.31. The number of benzene rings is 1. The minimum Gasteiger partial charge on any atom is -0.385 e. The lowest BCUT2D eigenvalue weighted by Crippen LogP contribution is -2.26. The van der Waals surface area contributed by atoms with Gasteiger partial charge in [-0.05, 0) is 25.5 Å². The van der Waals surface area contributed by atoms with E-state index in [1.807, 2.05) is 12.1 Å². The van der Waals surface area contributed by atoms with Crippen molar-refractivity contribution in [2.24, 2.45) is 0 Å². The predicted octanol–water partition coefficient (Wildman–Crippen LogP) is 2.61. The number of unbranched alkanes of at least 4 members (excludes halogenated alkanes) is 1. The summed E-state index contributed by atoms with van der Waals surface area (Å²) in [6.45, 7) is 4.95. The van der Waals surface area contributed by atoms with Gasteiger partial charge in [-0.15, -0.1) is 0 Å². The molecule has 0 atom stereocenters. The number of ketones is 1. The molecule has 19 heavy (non-hydrogen) atoms. The van der Waals surface area contributed by atoms with Crippen LogP contribution in [0.3, 0.4) is 0 Å². The highest BCUT2D eigenvalue weighted by atomic mass is 16.1. The number of carbonyl (C=O) groups is 2. The van der Waals surface area contributed by atoms with Crippen molar-refractivity contribution >= 4 is 17.4 Å². The molecule has 0 aliphatic heterocycles. The average molecular weight is 262 g/mol. The van der Waals surface area contributed by atoms with Crippen molar-refractivity contribution < 1.29 is 9.59 Å². The first kappa shape index (κ1) is 15.2. The smallest absolute Gasteiger partial charge is 0.221 e. The predicted molar refractivity (Wildman–Crippen MR) is 77.5 cm³/mol. The number of nitrogens with one attached hydrogen (secondary N) is 2. The van der Waals surface area contributed by atoms with Crippen LogP contribution in [0.1, 0.15) is 43.5 Å². The Bertz CT molecular complexity index is 430. The number of Topliss-reactive ketones (excluding diaryl/α,β-unsaturated/α-hetero) is 1. The fourth-order valence-corrected chi connectivity index (χ4v) is 1.66. The van der Waals surface area contributed by atoms with Gasteiger partial charge in [0, 0.05) is 30.8 Å². The highest BCUT2D eigenvalue weighted by Gasteiger charge is 2.02. The van der Waals surface area contributed by atoms with Crippen molar-refractivity contribution in [3.8, 4) is 0 Å². The third-order valence-electron chi connectivity index (χ3n) is 2.80. The monoisotopic (exact) mass is 262 g/mol. The Hall–Kier alpha value is -1.84. The maximum atomic E-state index is 11.5. The van der Waals surface area contributed by atoms with E-state index >= 15 is 0 Å². The molecule has 1 rings (SSSR count). The molecule has 0 saturated heterocycles. The lowest BCUT2D eigenvalue weighted by Gasteiger charge is -2.08. The fourth-order valence-electron chi connectivity index (χ4n) is 1.66. The Morgan fingerprint density at radius 2 is 2.00 bits per heavy atom. The van der Waals surface area contributed by atoms with E-state index in [1.165, 1.54) is 0 Å². The Kier molecular flexibility index (Phi) is 6.64. The van der Waals surface area contributed by atoms with E-state index in [2.05, 4.69) is 17.6 Å². The molecule has 0 aliphatic rings. The standard InChI is InChI=1S/C15H22N2O2/c1-3-4-9-17-15(19)8-10-16-14-7-5-6-13(11-14)12(2)18/h5-7,11,16H,3-4,8-10H2,1-2H3,(H,17,19). The molecular weight excluding hydrogens is 240 g/mol. The number of amides is 1. The summed E-state index contributed by atoms with van der Waals surface area (Å²) in [5.41, 5.74) is 1.55. The third kappa shape index (κ3) is 6.04. The molecule has 0 radical (unpaired) electrons. The molecule has 104 valence electrons. The maximum Gasteiger partial charge on any atom is 0.221 e. The average Bonchev–Trinajstić information content (AvgIpc) is 2.39. The zero-order chi connectivity index (χ0) is 14.1. The molecule has 4 nitrogen and oxygen atoms in total. The van der Waals surface area contributed by atoms with Gasteiger partial charge < -0.3 is 10.6 Å². The highest BCUT2D eigenvalue weighted by Crippen LogP contribution is 2.10. The SMILES string of the molecule is CCCCNC(=O)CCNc1cccc(C(C)=O)c1.